The molecular formula is C9H9F2NO2. The molecule has 1 N–H and O–H groups in total. The van der Waals surface area contributed by atoms with Gasteiger partial charge in [-0.05, 0) is 12.1 Å². The van der Waals surface area contributed by atoms with Crippen molar-refractivity contribution in [3.63, 3.8) is 0 Å². The number of aromatic carboxylic acids is 1. The SMILES string of the molecule is CN(C)c1c(F)ccc(F)c1C(=O)O. The van der Waals surface area contributed by atoms with Crippen LogP contribution in [0.5, 0.6) is 0 Å². The zero-order valence-corrected chi connectivity index (χ0v) is 7.71. The van der Waals surface area contributed by atoms with Crippen molar-refractivity contribution in [2.75, 3.05) is 19.0 Å². The number of hydrogen-bond acceptors (Lipinski definition) is 2. The lowest BCUT2D eigenvalue weighted by Crippen LogP contribution is -2.17. The van der Waals surface area contributed by atoms with Crippen LogP contribution in [0.1, 0.15) is 10.4 Å². The Kier molecular flexibility index (Phi) is 2.69. The van der Waals surface area contributed by atoms with Crippen molar-refractivity contribution >= 4 is 11.7 Å². The van der Waals surface area contributed by atoms with Crippen LogP contribution in [0.4, 0.5) is 14.5 Å². The van der Waals surface area contributed by atoms with Gasteiger partial charge in [0, 0.05) is 14.1 Å². The van der Waals surface area contributed by atoms with Gasteiger partial charge in [0.25, 0.3) is 0 Å². The molecule has 0 radical (unpaired) electrons. The minimum absolute atomic E-state index is 0.252. The van der Waals surface area contributed by atoms with Gasteiger partial charge in [-0.25, -0.2) is 13.6 Å². The van der Waals surface area contributed by atoms with E-state index in [1.165, 1.54) is 19.0 Å². The summed E-state index contributed by atoms with van der Waals surface area (Å²) in [7, 11) is 2.90. The Morgan fingerprint density at radius 1 is 1.29 bits per heavy atom. The molecule has 0 heterocycles. The van der Waals surface area contributed by atoms with Crippen molar-refractivity contribution in [1.82, 2.24) is 0 Å². The van der Waals surface area contributed by atoms with E-state index in [1.54, 1.807) is 0 Å². The quantitative estimate of drug-likeness (QED) is 0.792. The summed E-state index contributed by atoms with van der Waals surface area (Å²) in [4.78, 5) is 11.9. The summed E-state index contributed by atoms with van der Waals surface area (Å²) in [5, 5.41) is 8.69. The van der Waals surface area contributed by atoms with Crippen molar-refractivity contribution in [2.24, 2.45) is 0 Å². The second-order valence-corrected chi connectivity index (χ2v) is 2.95. The molecule has 1 rings (SSSR count). The van der Waals surface area contributed by atoms with Gasteiger partial charge in [-0.15, -0.1) is 0 Å². The zero-order chi connectivity index (χ0) is 10.9. The second-order valence-electron chi connectivity index (χ2n) is 2.95. The lowest BCUT2D eigenvalue weighted by Gasteiger charge is -2.16. The van der Waals surface area contributed by atoms with Crippen LogP contribution in [0.25, 0.3) is 0 Å². The van der Waals surface area contributed by atoms with E-state index in [2.05, 4.69) is 0 Å². The van der Waals surface area contributed by atoms with E-state index in [9.17, 15) is 13.6 Å². The van der Waals surface area contributed by atoms with E-state index in [-0.39, 0.29) is 5.69 Å². The molecule has 0 aromatic heterocycles. The fraction of sp³-hybridized carbons (Fsp3) is 0.222. The number of rotatable bonds is 2. The molecule has 0 atom stereocenters. The van der Waals surface area contributed by atoms with Gasteiger partial charge < -0.3 is 10.0 Å². The van der Waals surface area contributed by atoms with Crippen LogP contribution in [0, 0.1) is 11.6 Å². The Morgan fingerprint density at radius 3 is 2.14 bits per heavy atom. The van der Waals surface area contributed by atoms with Gasteiger partial charge in [0.15, 0.2) is 0 Å². The predicted octanol–water partition coefficient (Wildman–Crippen LogP) is 1.73. The molecule has 76 valence electrons. The predicted molar refractivity (Wildman–Crippen MR) is 47.6 cm³/mol. The highest BCUT2D eigenvalue weighted by molar-refractivity contribution is 5.94. The molecule has 0 amide bonds. The van der Waals surface area contributed by atoms with E-state index >= 15 is 0 Å². The smallest absolute Gasteiger partial charge is 0.340 e. The van der Waals surface area contributed by atoms with Gasteiger partial charge in [0.1, 0.15) is 17.2 Å². The summed E-state index contributed by atoms with van der Waals surface area (Å²) in [5.41, 5.74) is -0.896. The van der Waals surface area contributed by atoms with Gasteiger partial charge >= 0.3 is 5.97 Å². The number of carbonyl (C=O) groups is 1. The molecule has 0 bridgehead atoms. The number of anilines is 1. The maximum Gasteiger partial charge on any atom is 0.340 e. The Bertz CT molecular complexity index is 377. The molecule has 0 fully saturated rings. The molecule has 1 aromatic rings. The van der Waals surface area contributed by atoms with E-state index < -0.39 is 23.2 Å². The average molecular weight is 201 g/mol. The van der Waals surface area contributed by atoms with Crippen LogP contribution in [-0.2, 0) is 0 Å². The highest BCUT2D eigenvalue weighted by Crippen LogP contribution is 2.25. The van der Waals surface area contributed by atoms with Crippen molar-refractivity contribution in [1.29, 1.82) is 0 Å². The topological polar surface area (TPSA) is 40.5 Å². The zero-order valence-electron chi connectivity index (χ0n) is 7.71. The first-order valence-electron chi connectivity index (χ1n) is 3.83. The van der Waals surface area contributed by atoms with Crippen molar-refractivity contribution < 1.29 is 18.7 Å². The normalized spacial score (nSPS) is 10.0. The maximum absolute atomic E-state index is 13.2. The molecule has 0 aliphatic heterocycles. The summed E-state index contributed by atoms with van der Waals surface area (Å²) in [5.74, 6) is -3.18. The number of hydrogen-bond donors (Lipinski definition) is 1. The summed E-state index contributed by atoms with van der Waals surface area (Å²) >= 11 is 0. The second kappa shape index (κ2) is 3.61. The number of carboxylic acid groups (broad SMARTS) is 1. The van der Waals surface area contributed by atoms with E-state index in [0.717, 1.165) is 12.1 Å². The van der Waals surface area contributed by atoms with E-state index in [4.69, 9.17) is 5.11 Å². The lowest BCUT2D eigenvalue weighted by atomic mass is 10.1. The molecule has 1 aromatic carbocycles. The minimum Gasteiger partial charge on any atom is -0.478 e. The highest BCUT2D eigenvalue weighted by atomic mass is 19.1. The molecule has 0 unspecified atom stereocenters. The van der Waals surface area contributed by atoms with Gasteiger partial charge in [0.05, 0.1) is 5.69 Å². The molecule has 0 saturated heterocycles. The Hall–Kier alpha value is -1.65. The summed E-state index contributed by atoms with van der Waals surface area (Å²) < 4.78 is 26.2. The van der Waals surface area contributed by atoms with E-state index in [1.807, 2.05) is 0 Å². The molecule has 0 aliphatic carbocycles. The lowest BCUT2D eigenvalue weighted by molar-refractivity contribution is 0.0692. The van der Waals surface area contributed by atoms with Gasteiger partial charge in [-0.1, -0.05) is 0 Å². The third kappa shape index (κ3) is 1.66. The number of halogens is 2. The largest absolute Gasteiger partial charge is 0.478 e. The van der Waals surface area contributed by atoms with Crippen LogP contribution >= 0.6 is 0 Å². The van der Waals surface area contributed by atoms with Crippen LogP contribution in [0.3, 0.4) is 0 Å². The molecular weight excluding hydrogens is 192 g/mol. The third-order valence-electron chi connectivity index (χ3n) is 1.74. The van der Waals surface area contributed by atoms with Crippen molar-refractivity contribution in [3.8, 4) is 0 Å². The van der Waals surface area contributed by atoms with Gasteiger partial charge in [-0.3, -0.25) is 0 Å². The van der Waals surface area contributed by atoms with Gasteiger partial charge in [-0.2, -0.15) is 0 Å². The monoisotopic (exact) mass is 201 g/mol. The maximum atomic E-state index is 13.2. The molecule has 0 spiro atoms. The van der Waals surface area contributed by atoms with E-state index in [0.29, 0.717) is 0 Å². The van der Waals surface area contributed by atoms with Crippen molar-refractivity contribution in [2.45, 2.75) is 0 Å². The Balaban J connectivity index is 3.50. The Morgan fingerprint density at radius 2 is 1.79 bits per heavy atom. The third-order valence-corrected chi connectivity index (χ3v) is 1.74. The van der Waals surface area contributed by atoms with Crippen LogP contribution < -0.4 is 4.90 Å². The minimum atomic E-state index is -1.48. The fourth-order valence-electron chi connectivity index (χ4n) is 1.18. The number of benzene rings is 1. The summed E-state index contributed by atoms with van der Waals surface area (Å²) in [6.07, 6.45) is 0. The Labute approximate surface area is 79.6 Å². The average Bonchev–Trinajstić information content (AvgIpc) is 2.07. The molecule has 0 aliphatic rings. The number of carboxylic acids is 1. The standard InChI is InChI=1S/C9H9F2NO2/c1-12(2)8-6(11)4-3-5(10)7(8)9(13)14/h3-4H,1-2H3,(H,13,14). The molecule has 5 heteroatoms. The van der Waals surface area contributed by atoms with Crippen molar-refractivity contribution in [3.05, 3.63) is 29.3 Å². The first-order valence-corrected chi connectivity index (χ1v) is 3.83. The van der Waals surface area contributed by atoms with Crippen LogP contribution in [-0.4, -0.2) is 25.2 Å². The molecule has 14 heavy (non-hydrogen) atoms. The summed E-state index contributed by atoms with van der Waals surface area (Å²) in [6, 6.07) is 1.70. The number of nitrogens with zero attached hydrogens (tertiary/aromatic N) is 1. The highest BCUT2D eigenvalue weighted by Gasteiger charge is 2.20. The first kappa shape index (κ1) is 10.4. The van der Waals surface area contributed by atoms with Crippen LogP contribution in [0.2, 0.25) is 0 Å². The van der Waals surface area contributed by atoms with Crippen LogP contribution in [0.15, 0.2) is 12.1 Å². The first-order chi connectivity index (χ1) is 6.45. The fourth-order valence-corrected chi connectivity index (χ4v) is 1.18. The molecule has 3 nitrogen and oxygen atoms in total. The summed E-state index contributed by atoms with van der Waals surface area (Å²) in [6.45, 7) is 0. The molecule has 0 saturated carbocycles. The van der Waals surface area contributed by atoms with Gasteiger partial charge in [0.2, 0.25) is 0 Å².